The summed E-state index contributed by atoms with van der Waals surface area (Å²) < 4.78 is 18.3. The van der Waals surface area contributed by atoms with Crippen LogP contribution < -0.4 is 0 Å². The van der Waals surface area contributed by atoms with Crippen molar-refractivity contribution in [3.63, 3.8) is 0 Å². The zero-order valence-corrected chi connectivity index (χ0v) is 16.3. The fraction of sp³-hybridized carbons (Fsp3) is 0.348. The Balaban J connectivity index is 1.60. The molecule has 2 atom stereocenters. The molecule has 0 radical (unpaired) electrons. The van der Waals surface area contributed by atoms with Crippen molar-refractivity contribution in [2.24, 2.45) is 0 Å². The lowest BCUT2D eigenvalue weighted by atomic mass is 9.79. The van der Waals surface area contributed by atoms with Gasteiger partial charge in [0, 0.05) is 6.42 Å². The topological polar surface area (TPSA) is 70.4 Å². The van der Waals surface area contributed by atoms with Gasteiger partial charge in [0.2, 0.25) is 5.91 Å². The Bertz CT molecular complexity index is 908. The normalized spacial score (nSPS) is 18.0. The molecule has 2 aromatic rings. The molecular weight excluding hydrogens is 371 g/mol. The van der Waals surface area contributed by atoms with E-state index in [0.717, 1.165) is 5.56 Å². The van der Waals surface area contributed by atoms with Crippen LogP contribution in [-0.2, 0) is 21.4 Å². The molecular formula is C23H23FN2O3. The first-order valence-electron chi connectivity index (χ1n) is 9.63. The minimum Gasteiger partial charge on any atom is -0.447 e. The van der Waals surface area contributed by atoms with Crippen molar-refractivity contribution in [2.45, 2.75) is 44.1 Å². The maximum Gasteiger partial charge on any atom is 0.416 e. The summed E-state index contributed by atoms with van der Waals surface area (Å²) in [7, 11) is 0. The van der Waals surface area contributed by atoms with Crippen LogP contribution in [0, 0.1) is 17.1 Å². The molecule has 2 unspecified atom stereocenters. The van der Waals surface area contributed by atoms with Gasteiger partial charge < -0.3 is 4.74 Å². The number of hydrogen-bond donors (Lipinski definition) is 0. The monoisotopic (exact) mass is 394 g/mol. The SMILES string of the molecule is CC(C#N)(CCCC(=O)N1C(=O)OCC1Cc1ccccc1)c1ccc(F)cc1. The smallest absolute Gasteiger partial charge is 0.416 e. The second-order valence-corrected chi connectivity index (χ2v) is 7.49. The number of carbonyl (C=O) groups excluding carboxylic acids is 2. The fourth-order valence-corrected chi connectivity index (χ4v) is 3.60. The molecule has 0 saturated carbocycles. The Kier molecular flexibility index (Phi) is 6.28. The summed E-state index contributed by atoms with van der Waals surface area (Å²) in [5, 5.41) is 9.62. The van der Waals surface area contributed by atoms with E-state index in [4.69, 9.17) is 4.74 Å². The highest BCUT2D eigenvalue weighted by Gasteiger charge is 2.37. The van der Waals surface area contributed by atoms with Crippen LogP contribution in [0.1, 0.15) is 37.3 Å². The van der Waals surface area contributed by atoms with Gasteiger partial charge in [0.1, 0.15) is 12.4 Å². The molecule has 0 aliphatic carbocycles. The van der Waals surface area contributed by atoms with E-state index in [1.165, 1.54) is 17.0 Å². The number of nitriles is 1. The number of rotatable bonds is 7. The number of carbonyl (C=O) groups is 2. The van der Waals surface area contributed by atoms with Crippen LogP contribution in [0.3, 0.4) is 0 Å². The number of halogens is 1. The number of benzene rings is 2. The molecule has 0 spiro atoms. The van der Waals surface area contributed by atoms with E-state index in [1.54, 1.807) is 19.1 Å². The van der Waals surface area contributed by atoms with E-state index in [0.29, 0.717) is 24.8 Å². The number of hydrogen-bond acceptors (Lipinski definition) is 4. The van der Waals surface area contributed by atoms with Gasteiger partial charge >= 0.3 is 6.09 Å². The Morgan fingerprint density at radius 2 is 1.93 bits per heavy atom. The predicted octanol–water partition coefficient (Wildman–Crippen LogP) is 4.37. The maximum absolute atomic E-state index is 13.2. The van der Waals surface area contributed by atoms with Crippen molar-refractivity contribution in [1.29, 1.82) is 5.26 Å². The molecule has 0 aromatic heterocycles. The van der Waals surface area contributed by atoms with Crippen LogP contribution in [0.25, 0.3) is 0 Å². The molecule has 2 aromatic carbocycles. The highest BCUT2D eigenvalue weighted by Crippen LogP contribution is 2.29. The molecule has 3 rings (SSSR count). The molecule has 1 heterocycles. The molecule has 150 valence electrons. The van der Waals surface area contributed by atoms with Crippen LogP contribution in [-0.4, -0.2) is 29.5 Å². The van der Waals surface area contributed by atoms with Crippen molar-refractivity contribution in [3.05, 3.63) is 71.5 Å². The molecule has 6 heteroatoms. The summed E-state index contributed by atoms with van der Waals surface area (Å²) in [6.07, 6.45) is 0.926. The molecule has 1 aliphatic rings. The van der Waals surface area contributed by atoms with E-state index < -0.39 is 11.5 Å². The first-order valence-corrected chi connectivity index (χ1v) is 9.63. The second-order valence-electron chi connectivity index (χ2n) is 7.49. The summed E-state index contributed by atoms with van der Waals surface area (Å²) in [6, 6.07) is 17.4. The van der Waals surface area contributed by atoms with Gasteiger partial charge in [-0.25, -0.2) is 14.1 Å². The van der Waals surface area contributed by atoms with E-state index in [2.05, 4.69) is 6.07 Å². The average Bonchev–Trinajstić information content (AvgIpc) is 3.09. The Labute approximate surface area is 169 Å². The third kappa shape index (κ3) is 4.80. The molecule has 29 heavy (non-hydrogen) atoms. The minimum absolute atomic E-state index is 0.138. The van der Waals surface area contributed by atoms with Crippen LogP contribution in [0.5, 0.6) is 0 Å². The highest BCUT2D eigenvalue weighted by molar-refractivity contribution is 5.93. The zero-order valence-electron chi connectivity index (χ0n) is 16.3. The lowest BCUT2D eigenvalue weighted by Gasteiger charge is -2.23. The number of cyclic esters (lactones) is 1. The molecule has 2 amide bonds. The largest absolute Gasteiger partial charge is 0.447 e. The van der Waals surface area contributed by atoms with Gasteiger partial charge in [-0.15, -0.1) is 0 Å². The van der Waals surface area contributed by atoms with Crippen molar-refractivity contribution >= 4 is 12.0 Å². The van der Waals surface area contributed by atoms with Crippen LogP contribution >= 0.6 is 0 Å². The number of imide groups is 1. The summed E-state index contributed by atoms with van der Waals surface area (Å²) in [6.45, 7) is 1.96. The standard InChI is InChI=1S/C23H23FN2O3/c1-23(16-25,18-9-11-19(24)12-10-18)13-5-8-21(27)26-20(15-29-22(26)28)14-17-6-3-2-4-7-17/h2-4,6-7,9-12,20H,5,8,13-15H2,1H3. The first-order chi connectivity index (χ1) is 13.9. The molecule has 1 fully saturated rings. The summed E-state index contributed by atoms with van der Waals surface area (Å²) >= 11 is 0. The van der Waals surface area contributed by atoms with Crippen molar-refractivity contribution in [1.82, 2.24) is 4.90 Å². The first kappa shape index (κ1) is 20.5. The van der Waals surface area contributed by atoms with Crippen LogP contribution in [0.15, 0.2) is 54.6 Å². The fourth-order valence-electron chi connectivity index (χ4n) is 3.60. The van der Waals surface area contributed by atoms with E-state index in [9.17, 15) is 19.2 Å². The zero-order chi connectivity index (χ0) is 20.9. The minimum atomic E-state index is -0.830. The predicted molar refractivity (Wildman–Crippen MR) is 105 cm³/mol. The van der Waals surface area contributed by atoms with Crippen LogP contribution in [0.2, 0.25) is 0 Å². The second kappa shape index (κ2) is 8.87. The number of ether oxygens (including phenoxy) is 1. The van der Waals surface area contributed by atoms with Gasteiger partial charge in [-0.05, 0) is 49.4 Å². The van der Waals surface area contributed by atoms with Crippen molar-refractivity contribution < 1.29 is 18.7 Å². The van der Waals surface area contributed by atoms with Gasteiger partial charge in [0.15, 0.2) is 0 Å². The summed E-state index contributed by atoms with van der Waals surface area (Å²) in [5.74, 6) is -0.658. The number of nitrogens with zero attached hydrogens (tertiary/aromatic N) is 2. The van der Waals surface area contributed by atoms with E-state index >= 15 is 0 Å². The lowest BCUT2D eigenvalue weighted by molar-refractivity contribution is -0.129. The Morgan fingerprint density at radius 3 is 2.59 bits per heavy atom. The third-order valence-electron chi connectivity index (χ3n) is 5.34. The summed E-state index contributed by atoms with van der Waals surface area (Å²) in [4.78, 5) is 26.0. The molecule has 5 nitrogen and oxygen atoms in total. The third-order valence-corrected chi connectivity index (χ3v) is 5.34. The van der Waals surface area contributed by atoms with Crippen LogP contribution in [0.4, 0.5) is 9.18 Å². The number of amides is 2. The molecule has 0 N–H and O–H groups in total. The van der Waals surface area contributed by atoms with Gasteiger partial charge in [0.05, 0.1) is 17.5 Å². The highest BCUT2D eigenvalue weighted by atomic mass is 19.1. The lowest BCUT2D eigenvalue weighted by Crippen LogP contribution is -2.40. The Morgan fingerprint density at radius 1 is 1.24 bits per heavy atom. The summed E-state index contributed by atoms with van der Waals surface area (Å²) in [5.41, 5.74) is 0.904. The maximum atomic E-state index is 13.2. The van der Waals surface area contributed by atoms with E-state index in [1.807, 2.05) is 30.3 Å². The van der Waals surface area contributed by atoms with E-state index in [-0.39, 0.29) is 30.8 Å². The average molecular weight is 394 g/mol. The van der Waals surface area contributed by atoms with Gasteiger partial charge in [-0.2, -0.15) is 5.26 Å². The van der Waals surface area contributed by atoms with Gasteiger partial charge in [-0.3, -0.25) is 4.79 Å². The van der Waals surface area contributed by atoms with Crippen molar-refractivity contribution in [2.75, 3.05) is 6.61 Å². The van der Waals surface area contributed by atoms with Crippen molar-refractivity contribution in [3.8, 4) is 6.07 Å². The molecule has 1 aliphatic heterocycles. The molecule has 0 bridgehead atoms. The van der Waals surface area contributed by atoms with Gasteiger partial charge in [-0.1, -0.05) is 42.5 Å². The Hall–Kier alpha value is -3.20. The van der Waals surface area contributed by atoms with Gasteiger partial charge in [0.25, 0.3) is 0 Å². The molecule has 1 saturated heterocycles. The quantitative estimate of drug-likeness (QED) is 0.699.